The first-order valence-corrected chi connectivity index (χ1v) is 10.00. The van der Waals surface area contributed by atoms with Crippen LogP contribution in [0, 0.1) is 5.92 Å². The van der Waals surface area contributed by atoms with Gasteiger partial charge in [-0.25, -0.2) is 9.59 Å². The average Bonchev–Trinajstić information content (AvgIpc) is 2.71. The Kier molecular flexibility index (Phi) is 8.78. The van der Waals surface area contributed by atoms with E-state index in [1.165, 1.54) is 6.42 Å². The minimum absolute atomic E-state index is 0.108. The highest BCUT2D eigenvalue weighted by Crippen LogP contribution is 2.27. The fraction of sp³-hybridized carbons (Fsp3) is 0.571. The zero-order valence-electron chi connectivity index (χ0n) is 16.4. The summed E-state index contributed by atoms with van der Waals surface area (Å²) in [6, 6.07) is 7.50. The van der Waals surface area contributed by atoms with Gasteiger partial charge in [-0.2, -0.15) is 0 Å². The van der Waals surface area contributed by atoms with E-state index in [0.29, 0.717) is 12.3 Å². The Hall–Kier alpha value is -2.57. The Morgan fingerprint density at radius 2 is 1.75 bits per heavy atom. The van der Waals surface area contributed by atoms with Gasteiger partial charge in [0.15, 0.2) is 0 Å². The summed E-state index contributed by atoms with van der Waals surface area (Å²) in [4.78, 5) is 36.1. The fourth-order valence-electron chi connectivity index (χ4n) is 3.51. The lowest BCUT2D eigenvalue weighted by molar-refractivity contribution is -0.142. The van der Waals surface area contributed by atoms with Crippen molar-refractivity contribution < 1.29 is 24.2 Å². The Balaban J connectivity index is 1.96. The van der Waals surface area contributed by atoms with Crippen molar-refractivity contribution in [1.82, 2.24) is 10.6 Å². The van der Waals surface area contributed by atoms with Crippen molar-refractivity contribution in [3.63, 3.8) is 0 Å². The highest BCUT2D eigenvalue weighted by molar-refractivity contribution is 5.89. The maximum absolute atomic E-state index is 12.7. The van der Waals surface area contributed by atoms with Gasteiger partial charge in [-0.3, -0.25) is 4.79 Å². The van der Waals surface area contributed by atoms with Crippen LogP contribution in [0.5, 0.6) is 0 Å². The van der Waals surface area contributed by atoms with Crippen molar-refractivity contribution in [1.29, 1.82) is 0 Å². The van der Waals surface area contributed by atoms with Gasteiger partial charge in [0.25, 0.3) is 0 Å². The summed E-state index contributed by atoms with van der Waals surface area (Å²) in [6.45, 7) is 1.80. The van der Waals surface area contributed by atoms with Crippen molar-refractivity contribution in [2.45, 2.75) is 70.6 Å². The molecule has 7 nitrogen and oxygen atoms in total. The van der Waals surface area contributed by atoms with Crippen LogP contribution in [0.1, 0.15) is 57.4 Å². The largest absolute Gasteiger partial charge is 0.480 e. The molecule has 0 bridgehead atoms. The topological polar surface area (TPSA) is 105 Å². The van der Waals surface area contributed by atoms with Crippen LogP contribution in [0.15, 0.2) is 30.3 Å². The second-order valence-electron chi connectivity index (χ2n) is 7.31. The van der Waals surface area contributed by atoms with Gasteiger partial charge in [-0.1, -0.05) is 69.4 Å². The molecule has 2 amide bonds. The quantitative estimate of drug-likeness (QED) is 0.600. The summed E-state index contributed by atoms with van der Waals surface area (Å²) in [5.41, 5.74) is 0.850. The molecule has 1 aromatic rings. The van der Waals surface area contributed by atoms with Gasteiger partial charge in [0.05, 0.1) is 0 Å². The van der Waals surface area contributed by atoms with Crippen LogP contribution in [0.4, 0.5) is 4.79 Å². The van der Waals surface area contributed by atoms with E-state index in [4.69, 9.17) is 4.74 Å². The van der Waals surface area contributed by atoms with E-state index < -0.39 is 30.1 Å². The molecule has 0 spiro atoms. The Bertz CT molecular complexity index is 643. The normalized spacial score (nSPS) is 16.6. The van der Waals surface area contributed by atoms with Crippen molar-refractivity contribution >= 4 is 18.0 Å². The van der Waals surface area contributed by atoms with E-state index in [9.17, 15) is 19.5 Å². The van der Waals surface area contributed by atoms with Crippen molar-refractivity contribution in [2.24, 2.45) is 5.92 Å². The molecule has 28 heavy (non-hydrogen) atoms. The summed E-state index contributed by atoms with van der Waals surface area (Å²) in [6.07, 6.45) is 5.54. The molecule has 0 aromatic heterocycles. The lowest BCUT2D eigenvalue weighted by Gasteiger charge is -2.27. The minimum Gasteiger partial charge on any atom is -0.480 e. The number of carboxylic acids is 1. The third-order valence-corrected chi connectivity index (χ3v) is 5.14. The van der Waals surface area contributed by atoms with E-state index in [1.807, 2.05) is 30.3 Å². The molecule has 1 unspecified atom stereocenters. The minimum atomic E-state index is -1.08. The second kappa shape index (κ2) is 11.3. The molecule has 1 fully saturated rings. The third kappa shape index (κ3) is 7.21. The van der Waals surface area contributed by atoms with Gasteiger partial charge in [-0.15, -0.1) is 0 Å². The first-order valence-electron chi connectivity index (χ1n) is 10.00. The molecule has 1 aliphatic carbocycles. The Morgan fingerprint density at radius 3 is 2.36 bits per heavy atom. The Morgan fingerprint density at radius 1 is 1.07 bits per heavy atom. The molecule has 1 aliphatic rings. The van der Waals surface area contributed by atoms with Crippen LogP contribution in [0.2, 0.25) is 0 Å². The number of benzene rings is 1. The lowest BCUT2D eigenvalue weighted by atomic mass is 9.84. The predicted octanol–water partition coefficient (Wildman–Crippen LogP) is 3.23. The molecule has 154 valence electrons. The number of carboxylic acid groups (broad SMARTS) is 1. The molecule has 0 aliphatic heterocycles. The van der Waals surface area contributed by atoms with Crippen molar-refractivity contribution in [3.8, 4) is 0 Å². The highest BCUT2D eigenvalue weighted by atomic mass is 16.5. The van der Waals surface area contributed by atoms with E-state index in [2.05, 4.69) is 10.6 Å². The number of carbonyl (C=O) groups excluding carboxylic acids is 2. The second-order valence-corrected chi connectivity index (χ2v) is 7.31. The maximum Gasteiger partial charge on any atom is 0.408 e. The molecule has 1 saturated carbocycles. The molecule has 0 radical (unpaired) electrons. The zero-order chi connectivity index (χ0) is 20.4. The SMILES string of the molecule is CCC(NC(=O)[C@H](CC1CCCCC1)NC(=O)OCc1ccccc1)C(=O)O. The smallest absolute Gasteiger partial charge is 0.408 e. The van der Waals surface area contributed by atoms with Crippen LogP contribution in [0.25, 0.3) is 0 Å². The first-order chi connectivity index (χ1) is 13.5. The molecular formula is C21H30N2O5. The number of carbonyl (C=O) groups is 3. The van der Waals surface area contributed by atoms with Crippen LogP contribution >= 0.6 is 0 Å². The van der Waals surface area contributed by atoms with E-state index in [0.717, 1.165) is 31.2 Å². The van der Waals surface area contributed by atoms with Crippen LogP contribution < -0.4 is 10.6 Å². The molecule has 7 heteroatoms. The summed E-state index contributed by atoms with van der Waals surface area (Å²) in [5, 5.41) is 14.4. The number of hydrogen-bond acceptors (Lipinski definition) is 4. The number of alkyl carbamates (subject to hydrolysis) is 1. The van der Waals surface area contributed by atoms with E-state index in [-0.39, 0.29) is 13.0 Å². The maximum atomic E-state index is 12.7. The predicted molar refractivity (Wildman–Crippen MR) is 105 cm³/mol. The Labute approximate surface area is 165 Å². The van der Waals surface area contributed by atoms with Gasteiger partial charge in [0.1, 0.15) is 18.7 Å². The van der Waals surface area contributed by atoms with Gasteiger partial charge in [0, 0.05) is 0 Å². The van der Waals surface area contributed by atoms with Crippen LogP contribution in [-0.2, 0) is 20.9 Å². The van der Waals surface area contributed by atoms with E-state index in [1.54, 1.807) is 6.92 Å². The number of hydrogen-bond donors (Lipinski definition) is 3. The summed E-state index contributed by atoms with van der Waals surface area (Å²) < 4.78 is 5.23. The monoisotopic (exact) mass is 390 g/mol. The van der Waals surface area contributed by atoms with Crippen LogP contribution in [-0.4, -0.2) is 35.2 Å². The number of nitrogens with one attached hydrogen (secondary N) is 2. The molecule has 2 atom stereocenters. The number of amides is 2. The van der Waals surface area contributed by atoms with Gasteiger partial charge in [-0.05, 0) is 24.3 Å². The highest BCUT2D eigenvalue weighted by Gasteiger charge is 2.29. The first kappa shape index (κ1) is 21.7. The van der Waals surface area contributed by atoms with Crippen LogP contribution in [0.3, 0.4) is 0 Å². The zero-order valence-corrected chi connectivity index (χ0v) is 16.4. The lowest BCUT2D eigenvalue weighted by Crippen LogP contribution is -2.52. The average molecular weight is 390 g/mol. The molecule has 3 N–H and O–H groups in total. The molecule has 2 rings (SSSR count). The third-order valence-electron chi connectivity index (χ3n) is 5.14. The van der Waals surface area contributed by atoms with E-state index >= 15 is 0 Å². The molecule has 1 aromatic carbocycles. The summed E-state index contributed by atoms with van der Waals surface area (Å²) in [7, 11) is 0. The molecule has 0 heterocycles. The van der Waals surface area contributed by atoms with Crippen molar-refractivity contribution in [2.75, 3.05) is 0 Å². The standard InChI is InChI=1S/C21H30N2O5/c1-2-17(20(25)26)22-19(24)18(13-15-9-5-3-6-10-15)23-21(27)28-14-16-11-7-4-8-12-16/h4,7-8,11-12,15,17-18H,2-3,5-6,9-10,13-14H2,1H3,(H,22,24)(H,23,27)(H,25,26)/t17?,18-/m0/s1. The summed E-state index contributed by atoms with van der Waals surface area (Å²) >= 11 is 0. The summed E-state index contributed by atoms with van der Waals surface area (Å²) in [5.74, 6) is -1.22. The van der Waals surface area contributed by atoms with Gasteiger partial charge >= 0.3 is 12.1 Å². The number of rotatable bonds is 9. The van der Waals surface area contributed by atoms with Gasteiger partial charge in [0.2, 0.25) is 5.91 Å². The molecular weight excluding hydrogens is 360 g/mol. The van der Waals surface area contributed by atoms with Gasteiger partial charge < -0.3 is 20.5 Å². The number of ether oxygens (including phenoxy) is 1. The van der Waals surface area contributed by atoms with Crippen molar-refractivity contribution in [3.05, 3.63) is 35.9 Å². The molecule has 0 saturated heterocycles. The fourth-order valence-corrected chi connectivity index (χ4v) is 3.51. The number of aliphatic carboxylic acids is 1.